The van der Waals surface area contributed by atoms with Gasteiger partial charge in [0.1, 0.15) is 0 Å². The number of nitrogens with zero attached hydrogens (tertiary/aromatic N) is 1. The minimum Gasteiger partial charge on any atom is -0.362 e. The molecule has 0 amide bonds. The normalized spacial score (nSPS) is 25.9. The summed E-state index contributed by atoms with van der Waals surface area (Å²) < 4.78 is 38.6. The van der Waals surface area contributed by atoms with Crippen LogP contribution in [0.3, 0.4) is 0 Å². The third-order valence-corrected chi connectivity index (χ3v) is 4.14. The first-order valence-corrected chi connectivity index (χ1v) is 6.66. The van der Waals surface area contributed by atoms with Crippen LogP contribution in [0.25, 0.3) is 0 Å². The molecule has 3 rings (SSSR count). The molecule has 1 N–H and O–H groups in total. The minimum atomic E-state index is -4.39. The van der Waals surface area contributed by atoms with Gasteiger partial charge >= 0.3 is 6.18 Å². The Morgan fingerprint density at radius 3 is 2.40 bits per heavy atom. The van der Waals surface area contributed by atoms with E-state index in [0.29, 0.717) is 17.5 Å². The summed E-state index contributed by atoms with van der Waals surface area (Å²) in [6.07, 6.45) is -1.85. The van der Waals surface area contributed by atoms with Gasteiger partial charge in [0.15, 0.2) is 6.29 Å². The smallest absolute Gasteiger partial charge is 0.362 e. The number of rotatable bonds is 2. The molecular formula is C14H15F3N2O. The summed E-state index contributed by atoms with van der Waals surface area (Å²) in [5, 5.41) is 3.28. The van der Waals surface area contributed by atoms with E-state index >= 15 is 0 Å². The highest BCUT2D eigenvalue weighted by atomic mass is 19.4. The van der Waals surface area contributed by atoms with Gasteiger partial charge in [-0.15, -0.1) is 0 Å². The van der Waals surface area contributed by atoms with Crippen LogP contribution in [0, 0.1) is 0 Å². The Kier molecular flexibility index (Phi) is 3.20. The van der Waals surface area contributed by atoms with Crippen LogP contribution in [0.4, 0.5) is 18.9 Å². The molecule has 2 atom stereocenters. The number of halogens is 3. The second kappa shape index (κ2) is 4.77. The van der Waals surface area contributed by atoms with Gasteiger partial charge in [0.05, 0.1) is 5.56 Å². The average Bonchev–Trinajstić information content (AvgIpc) is 2.66. The summed E-state index contributed by atoms with van der Waals surface area (Å²) in [5.41, 5.74) is 0.0525. The third-order valence-electron chi connectivity index (χ3n) is 4.14. The van der Waals surface area contributed by atoms with Crippen LogP contribution in [-0.2, 0) is 6.18 Å². The maximum atomic E-state index is 12.9. The number of aldehydes is 1. The third kappa shape index (κ3) is 2.18. The van der Waals surface area contributed by atoms with E-state index in [4.69, 9.17) is 0 Å². The lowest BCUT2D eigenvalue weighted by molar-refractivity contribution is -0.137. The number of hydrogen-bond acceptors (Lipinski definition) is 3. The zero-order valence-corrected chi connectivity index (χ0v) is 10.8. The molecule has 2 aliphatic heterocycles. The van der Waals surface area contributed by atoms with Gasteiger partial charge < -0.3 is 10.2 Å². The molecule has 6 heteroatoms. The first kappa shape index (κ1) is 13.4. The Labute approximate surface area is 114 Å². The average molecular weight is 284 g/mol. The molecular weight excluding hydrogens is 269 g/mol. The molecule has 2 unspecified atom stereocenters. The van der Waals surface area contributed by atoms with Crippen molar-refractivity contribution in [1.29, 1.82) is 0 Å². The van der Waals surface area contributed by atoms with Crippen LogP contribution in [0.15, 0.2) is 18.2 Å². The van der Waals surface area contributed by atoms with E-state index in [1.165, 1.54) is 6.07 Å². The molecule has 0 aromatic heterocycles. The Morgan fingerprint density at radius 2 is 1.85 bits per heavy atom. The predicted octanol–water partition coefficient (Wildman–Crippen LogP) is 2.46. The molecule has 0 radical (unpaired) electrons. The van der Waals surface area contributed by atoms with Crippen LogP contribution < -0.4 is 10.2 Å². The standard InChI is InChI=1S/C14H15F3N2O/c15-14(16,17)10-2-1-9(8-20)13(5-10)19-11-3-4-12(19)7-18-6-11/h1-2,5,8,11-12,18H,3-4,6-7H2. The van der Waals surface area contributed by atoms with E-state index in [0.717, 1.165) is 38.1 Å². The van der Waals surface area contributed by atoms with Gasteiger partial charge in [0.2, 0.25) is 0 Å². The topological polar surface area (TPSA) is 32.3 Å². The zero-order chi connectivity index (χ0) is 14.3. The van der Waals surface area contributed by atoms with E-state index in [-0.39, 0.29) is 12.1 Å². The van der Waals surface area contributed by atoms with Crippen LogP contribution in [0.2, 0.25) is 0 Å². The SMILES string of the molecule is O=Cc1ccc(C(F)(F)F)cc1N1C2CCC1CNC2. The number of carbonyl (C=O) groups is 1. The maximum absolute atomic E-state index is 12.9. The maximum Gasteiger partial charge on any atom is 0.416 e. The van der Waals surface area contributed by atoms with Gasteiger partial charge in [-0.05, 0) is 31.0 Å². The van der Waals surface area contributed by atoms with Crippen LogP contribution in [0.5, 0.6) is 0 Å². The van der Waals surface area contributed by atoms with E-state index in [1.807, 2.05) is 4.90 Å². The number of alkyl halides is 3. The molecule has 2 saturated heterocycles. The number of carbonyl (C=O) groups excluding carboxylic acids is 1. The molecule has 0 spiro atoms. The first-order chi connectivity index (χ1) is 9.50. The van der Waals surface area contributed by atoms with E-state index in [1.54, 1.807) is 0 Å². The largest absolute Gasteiger partial charge is 0.416 e. The van der Waals surface area contributed by atoms with Crippen molar-refractivity contribution in [1.82, 2.24) is 5.32 Å². The summed E-state index contributed by atoms with van der Waals surface area (Å²) in [7, 11) is 0. The Morgan fingerprint density at radius 1 is 1.20 bits per heavy atom. The molecule has 1 aromatic rings. The van der Waals surface area contributed by atoms with Crippen LogP contribution in [-0.4, -0.2) is 31.5 Å². The summed E-state index contributed by atoms with van der Waals surface area (Å²) in [6.45, 7) is 1.51. The van der Waals surface area contributed by atoms with E-state index in [9.17, 15) is 18.0 Å². The summed E-state index contributed by atoms with van der Waals surface area (Å²) in [4.78, 5) is 13.1. The number of piperazine rings is 1. The second-order valence-corrected chi connectivity index (χ2v) is 5.34. The van der Waals surface area contributed by atoms with Crippen LogP contribution in [0.1, 0.15) is 28.8 Å². The van der Waals surface area contributed by atoms with Crippen molar-refractivity contribution in [3.05, 3.63) is 29.3 Å². The first-order valence-electron chi connectivity index (χ1n) is 6.66. The molecule has 108 valence electrons. The lowest BCUT2D eigenvalue weighted by atomic mass is 10.1. The zero-order valence-electron chi connectivity index (χ0n) is 10.8. The highest BCUT2D eigenvalue weighted by Gasteiger charge is 2.39. The van der Waals surface area contributed by atoms with Gasteiger partial charge in [-0.25, -0.2) is 0 Å². The van der Waals surface area contributed by atoms with Gasteiger partial charge in [0.25, 0.3) is 0 Å². The molecule has 0 aliphatic carbocycles. The number of benzene rings is 1. The van der Waals surface area contributed by atoms with Gasteiger partial charge in [-0.2, -0.15) is 13.2 Å². The molecule has 2 heterocycles. The quantitative estimate of drug-likeness (QED) is 0.847. The van der Waals surface area contributed by atoms with Crippen molar-refractivity contribution >= 4 is 12.0 Å². The molecule has 2 aliphatic rings. The van der Waals surface area contributed by atoms with Gasteiger partial charge in [-0.3, -0.25) is 4.79 Å². The lowest BCUT2D eigenvalue weighted by Gasteiger charge is -2.38. The Balaban J connectivity index is 2.05. The van der Waals surface area contributed by atoms with Crippen molar-refractivity contribution in [3.8, 4) is 0 Å². The highest BCUT2D eigenvalue weighted by molar-refractivity contribution is 5.85. The van der Waals surface area contributed by atoms with Crippen molar-refractivity contribution in [3.63, 3.8) is 0 Å². The lowest BCUT2D eigenvalue weighted by Crippen LogP contribution is -2.52. The van der Waals surface area contributed by atoms with Crippen molar-refractivity contribution in [2.75, 3.05) is 18.0 Å². The predicted molar refractivity (Wildman–Crippen MR) is 69.0 cm³/mol. The summed E-state index contributed by atoms with van der Waals surface area (Å²) >= 11 is 0. The monoisotopic (exact) mass is 284 g/mol. The minimum absolute atomic E-state index is 0.177. The van der Waals surface area contributed by atoms with Crippen molar-refractivity contribution < 1.29 is 18.0 Å². The molecule has 2 fully saturated rings. The highest BCUT2D eigenvalue weighted by Crippen LogP contribution is 2.38. The fourth-order valence-electron chi connectivity index (χ4n) is 3.22. The second-order valence-electron chi connectivity index (χ2n) is 5.34. The van der Waals surface area contributed by atoms with Crippen molar-refractivity contribution in [2.24, 2.45) is 0 Å². The molecule has 0 saturated carbocycles. The molecule has 1 aromatic carbocycles. The van der Waals surface area contributed by atoms with Gasteiger partial charge in [-0.1, -0.05) is 0 Å². The van der Waals surface area contributed by atoms with Crippen molar-refractivity contribution in [2.45, 2.75) is 31.1 Å². The van der Waals surface area contributed by atoms with Gasteiger partial charge in [0, 0.05) is 36.4 Å². The van der Waals surface area contributed by atoms with E-state index < -0.39 is 11.7 Å². The number of anilines is 1. The number of hydrogen-bond donors (Lipinski definition) is 1. The summed E-state index contributed by atoms with van der Waals surface area (Å²) in [5.74, 6) is 0. The molecule has 20 heavy (non-hydrogen) atoms. The van der Waals surface area contributed by atoms with E-state index in [2.05, 4.69) is 5.32 Å². The molecule has 3 nitrogen and oxygen atoms in total. The Bertz CT molecular complexity index is 514. The fourth-order valence-corrected chi connectivity index (χ4v) is 3.22. The molecule has 2 bridgehead atoms. The number of fused-ring (bicyclic) bond motifs is 2. The number of nitrogens with one attached hydrogen (secondary N) is 1. The summed E-state index contributed by atoms with van der Waals surface area (Å²) in [6, 6.07) is 3.71. The Hall–Kier alpha value is -1.56. The fraction of sp³-hybridized carbons (Fsp3) is 0.500. The van der Waals surface area contributed by atoms with Crippen LogP contribution >= 0.6 is 0 Å².